The molecule has 1 atom stereocenters. The lowest BCUT2D eigenvalue weighted by atomic mass is 10.3. The van der Waals surface area contributed by atoms with Gasteiger partial charge in [0, 0.05) is 11.6 Å². The van der Waals surface area contributed by atoms with E-state index in [0.29, 0.717) is 11.6 Å². The van der Waals surface area contributed by atoms with Crippen molar-refractivity contribution >= 4 is 23.3 Å². The average Bonchev–Trinajstić information content (AvgIpc) is 2.96. The van der Waals surface area contributed by atoms with Gasteiger partial charge < -0.3 is 15.7 Å². The molecule has 0 aliphatic carbocycles. The Morgan fingerprint density at radius 1 is 1.43 bits per heavy atom. The van der Waals surface area contributed by atoms with Crippen LogP contribution in [0, 0.1) is 0 Å². The second kappa shape index (κ2) is 6.80. The molecule has 110 valence electrons. The van der Waals surface area contributed by atoms with Crippen LogP contribution in [0.2, 0.25) is 0 Å². The first-order valence-corrected chi connectivity index (χ1v) is 7.07. The van der Waals surface area contributed by atoms with Gasteiger partial charge in [0.05, 0.1) is 18.3 Å². The zero-order chi connectivity index (χ0) is 15.2. The van der Waals surface area contributed by atoms with Crippen LogP contribution < -0.4 is 10.6 Å². The number of carboxylic acids is 1. The van der Waals surface area contributed by atoms with Crippen molar-refractivity contribution in [3.63, 3.8) is 0 Å². The SMILES string of the molecule is CC(NC(=O)NCc1ccccn1)c1nc(C(=O)O)cs1. The lowest BCUT2D eigenvalue weighted by Crippen LogP contribution is -2.36. The highest BCUT2D eigenvalue weighted by Gasteiger charge is 2.15. The number of pyridine rings is 1. The quantitative estimate of drug-likeness (QED) is 0.781. The van der Waals surface area contributed by atoms with E-state index in [4.69, 9.17) is 5.11 Å². The molecule has 3 N–H and O–H groups in total. The molecule has 2 heterocycles. The normalized spacial score (nSPS) is 11.7. The number of carboxylic acid groups (broad SMARTS) is 1. The van der Waals surface area contributed by atoms with Crippen LogP contribution in [0.1, 0.15) is 34.2 Å². The van der Waals surface area contributed by atoms with E-state index < -0.39 is 5.97 Å². The summed E-state index contributed by atoms with van der Waals surface area (Å²) in [6.45, 7) is 2.06. The van der Waals surface area contributed by atoms with Gasteiger partial charge in [-0.25, -0.2) is 14.6 Å². The molecule has 21 heavy (non-hydrogen) atoms. The predicted molar refractivity (Wildman–Crippen MR) is 77.1 cm³/mol. The van der Waals surface area contributed by atoms with Crippen LogP contribution in [0.4, 0.5) is 4.79 Å². The highest BCUT2D eigenvalue weighted by Crippen LogP contribution is 2.17. The summed E-state index contributed by atoms with van der Waals surface area (Å²) >= 11 is 1.20. The molecule has 2 aromatic heterocycles. The third kappa shape index (κ3) is 4.25. The van der Waals surface area contributed by atoms with Gasteiger partial charge in [-0.3, -0.25) is 4.98 Å². The Morgan fingerprint density at radius 2 is 2.24 bits per heavy atom. The number of amides is 2. The van der Waals surface area contributed by atoms with Gasteiger partial charge in [-0.15, -0.1) is 11.3 Å². The van der Waals surface area contributed by atoms with Crippen LogP contribution >= 0.6 is 11.3 Å². The van der Waals surface area contributed by atoms with E-state index in [1.807, 2.05) is 12.1 Å². The molecule has 8 heteroatoms. The fraction of sp³-hybridized carbons (Fsp3) is 0.231. The van der Waals surface area contributed by atoms with Crippen LogP contribution in [-0.2, 0) is 6.54 Å². The van der Waals surface area contributed by atoms with Gasteiger partial charge in [-0.2, -0.15) is 0 Å². The lowest BCUT2D eigenvalue weighted by molar-refractivity contribution is 0.0691. The second-order valence-electron chi connectivity index (χ2n) is 4.25. The third-order valence-corrected chi connectivity index (χ3v) is 3.64. The number of aromatic nitrogens is 2. The number of nitrogens with one attached hydrogen (secondary N) is 2. The van der Waals surface area contributed by atoms with Gasteiger partial charge in [0.15, 0.2) is 5.69 Å². The Hall–Kier alpha value is -2.48. The number of rotatable bonds is 5. The van der Waals surface area contributed by atoms with Crippen molar-refractivity contribution in [2.75, 3.05) is 0 Å². The van der Waals surface area contributed by atoms with E-state index in [2.05, 4.69) is 20.6 Å². The molecule has 0 aromatic carbocycles. The van der Waals surface area contributed by atoms with E-state index in [-0.39, 0.29) is 17.8 Å². The number of urea groups is 1. The van der Waals surface area contributed by atoms with Gasteiger partial charge >= 0.3 is 12.0 Å². The fourth-order valence-corrected chi connectivity index (χ4v) is 2.37. The van der Waals surface area contributed by atoms with Crippen molar-refractivity contribution in [3.05, 3.63) is 46.2 Å². The number of hydrogen-bond donors (Lipinski definition) is 3. The summed E-state index contributed by atoms with van der Waals surface area (Å²) in [4.78, 5) is 30.5. The molecule has 0 aliphatic rings. The van der Waals surface area contributed by atoms with Crippen LogP contribution in [-0.4, -0.2) is 27.1 Å². The molecule has 2 rings (SSSR count). The predicted octanol–water partition coefficient (Wildman–Crippen LogP) is 1.80. The summed E-state index contributed by atoms with van der Waals surface area (Å²) in [5.41, 5.74) is 0.736. The Kier molecular flexibility index (Phi) is 4.83. The van der Waals surface area contributed by atoms with E-state index in [9.17, 15) is 9.59 Å². The Balaban J connectivity index is 1.85. The molecule has 0 bridgehead atoms. The molecule has 2 amide bonds. The first-order valence-electron chi connectivity index (χ1n) is 6.19. The van der Waals surface area contributed by atoms with Gasteiger partial charge in [-0.1, -0.05) is 6.07 Å². The third-order valence-electron chi connectivity index (χ3n) is 2.62. The molecule has 2 aromatic rings. The summed E-state index contributed by atoms with van der Waals surface area (Å²) < 4.78 is 0. The number of aromatic carboxylic acids is 1. The standard InChI is InChI=1S/C13H14N4O3S/c1-8(11-17-10(7-21-11)12(18)19)16-13(20)15-6-9-4-2-3-5-14-9/h2-5,7-8H,6H2,1H3,(H,18,19)(H2,15,16,20). The van der Waals surface area contributed by atoms with Gasteiger partial charge in [-0.05, 0) is 19.1 Å². The van der Waals surface area contributed by atoms with Crippen LogP contribution in [0.3, 0.4) is 0 Å². The number of hydrogen-bond acceptors (Lipinski definition) is 5. The first-order chi connectivity index (χ1) is 10.1. The summed E-state index contributed by atoms with van der Waals surface area (Å²) in [5.74, 6) is -1.08. The molecule has 7 nitrogen and oxygen atoms in total. The molecule has 0 radical (unpaired) electrons. The second-order valence-corrected chi connectivity index (χ2v) is 5.14. The van der Waals surface area contributed by atoms with E-state index in [1.165, 1.54) is 16.7 Å². The zero-order valence-corrected chi connectivity index (χ0v) is 12.1. The molecule has 0 spiro atoms. The van der Waals surface area contributed by atoms with Crippen molar-refractivity contribution < 1.29 is 14.7 Å². The summed E-state index contributed by atoms with van der Waals surface area (Å²) in [7, 11) is 0. The van der Waals surface area contributed by atoms with E-state index in [0.717, 1.165) is 5.69 Å². The van der Waals surface area contributed by atoms with Crippen LogP contribution in [0.15, 0.2) is 29.8 Å². The van der Waals surface area contributed by atoms with Crippen molar-refractivity contribution in [2.45, 2.75) is 19.5 Å². The maximum absolute atomic E-state index is 11.8. The van der Waals surface area contributed by atoms with Gasteiger partial charge in [0.2, 0.25) is 0 Å². The average molecular weight is 306 g/mol. The van der Waals surface area contributed by atoms with Gasteiger partial charge in [0.25, 0.3) is 0 Å². The summed E-state index contributed by atoms with van der Waals surface area (Å²) in [6.07, 6.45) is 1.65. The Morgan fingerprint density at radius 3 is 2.86 bits per heavy atom. The minimum atomic E-state index is -1.08. The maximum atomic E-state index is 11.8. The number of thiazole rings is 1. The molecule has 1 unspecified atom stereocenters. The smallest absolute Gasteiger partial charge is 0.355 e. The number of nitrogens with zero attached hydrogens (tertiary/aromatic N) is 2. The Labute approximate surface area is 125 Å². The molecule has 0 aliphatic heterocycles. The summed E-state index contributed by atoms with van der Waals surface area (Å²) in [5, 5.41) is 16.2. The highest BCUT2D eigenvalue weighted by molar-refractivity contribution is 7.09. The zero-order valence-electron chi connectivity index (χ0n) is 11.2. The molecule has 0 saturated heterocycles. The molecule has 0 fully saturated rings. The van der Waals surface area contributed by atoms with Crippen molar-refractivity contribution in [3.8, 4) is 0 Å². The molecule has 0 saturated carbocycles. The largest absolute Gasteiger partial charge is 0.476 e. The number of carbonyl (C=O) groups is 2. The Bertz CT molecular complexity index is 629. The van der Waals surface area contributed by atoms with Crippen molar-refractivity contribution in [1.29, 1.82) is 0 Å². The van der Waals surface area contributed by atoms with Gasteiger partial charge in [0.1, 0.15) is 5.01 Å². The van der Waals surface area contributed by atoms with E-state index in [1.54, 1.807) is 19.2 Å². The molecular formula is C13H14N4O3S. The number of carbonyl (C=O) groups excluding carboxylic acids is 1. The monoisotopic (exact) mass is 306 g/mol. The first kappa shape index (κ1) is 14.9. The summed E-state index contributed by atoms with van der Waals surface area (Å²) in [6, 6.07) is 4.72. The highest BCUT2D eigenvalue weighted by atomic mass is 32.1. The van der Waals surface area contributed by atoms with Crippen LogP contribution in [0.25, 0.3) is 0 Å². The lowest BCUT2D eigenvalue weighted by Gasteiger charge is -2.12. The van der Waals surface area contributed by atoms with E-state index >= 15 is 0 Å². The fourth-order valence-electron chi connectivity index (χ4n) is 1.57. The van der Waals surface area contributed by atoms with Crippen molar-refractivity contribution in [2.24, 2.45) is 0 Å². The maximum Gasteiger partial charge on any atom is 0.355 e. The topological polar surface area (TPSA) is 104 Å². The molecular weight excluding hydrogens is 292 g/mol. The van der Waals surface area contributed by atoms with Crippen molar-refractivity contribution in [1.82, 2.24) is 20.6 Å². The minimum absolute atomic E-state index is 0.0162. The van der Waals surface area contributed by atoms with Crippen LogP contribution in [0.5, 0.6) is 0 Å². The minimum Gasteiger partial charge on any atom is -0.476 e.